The molecule has 6 heteroatoms. The number of aromatic nitrogens is 1. The second-order valence-corrected chi connectivity index (χ2v) is 6.34. The Bertz CT molecular complexity index is 667. The van der Waals surface area contributed by atoms with Crippen molar-refractivity contribution in [3.05, 3.63) is 41.1 Å². The van der Waals surface area contributed by atoms with E-state index in [2.05, 4.69) is 10.5 Å². The zero-order valence-corrected chi connectivity index (χ0v) is 13.8. The van der Waals surface area contributed by atoms with Gasteiger partial charge in [0.1, 0.15) is 17.5 Å². The third-order valence-electron chi connectivity index (χ3n) is 4.22. The summed E-state index contributed by atoms with van der Waals surface area (Å²) in [6.45, 7) is 2.48. The van der Waals surface area contributed by atoms with Crippen LogP contribution in [0, 0.1) is 5.92 Å². The van der Waals surface area contributed by atoms with E-state index in [1.807, 2.05) is 24.1 Å². The number of likely N-dealkylation sites (tertiary alicyclic amines) is 1. The lowest BCUT2D eigenvalue weighted by Crippen LogP contribution is -2.42. The van der Waals surface area contributed by atoms with Crippen LogP contribution < -0.4 is 5.32 Å². The number of halogens is 1. The van der Waals surface area contributed by atoms with Gasteiger partial charge in [-0.15, -0.1) is 0 Å². The molecule has 1 aromatic heterocycles. The number of amides is 1. The van der Waals surface area contributed by atoms with E-state index in [4.69, 9.17) is 16.1 Å². The van der Waals surface area contributed by atoms with Crippen molar-refractivity contribution in [2.24, 2.45) is 5.92 Å². The van der Waals surface area contributed by atoms with Crippen molar-refractivity contribution in [1.29, 1.82) is 0 Å². The summed E-state index contributed by atoms with van der Waals surface area (Å²) in [5.41, 5.74) is 1.91. The molecule has 1 aliphatic rings. The second-order valence-electron chi connectivity index (χ2n) is 5.90. The number of carbonyl (C=O) groups excluding carboxylic acids is 1. The Kier molecular flexibility index (Phi) is 4.98. The van der Waals surface area contributed by atoms with Crippen LogP contribution in [0.3, 0.4) is 0 Å². The summed E-state index contributed by atoms with van der Waals surface area (Å²) in [5.74, 6) is 0.480. The largest absolute Gasteiger partial charge is 0.363 e. The van der Waals surface area contributed by atoms with Crippen LogP contribution in [0.25, 0.3) is 11.3 Å². The van der Waals surface area contributed by atoms with E-state index >= 15 is 0 Å². The number of rotatable bonds is 4. The number of hydrogen-bond acceptors (Lipinski definition) is 4. The smallest absolute Gasteiger partial charge is 0.259 e. The topological polar surface area (TPSA) is 58.4 Å². The Balaban J connectivity index is 1.80. The molecule has 0 bridgehead atoms. The van der Waals surface area contributed by atoms with E-state index in [0.29, 0.717) is 22.2 Å². The average molecular weight is 334 g/mol. The van der Waals surface area contributed by atoms with E-state index in [-0.39, 0.29) is 5.91 Å². The zero-order valence-electron chi connectivity index (χ0n) is 13.1. The maximum absolute atomic E-state index is 12.9. The molecule has 0 radical (unpaired) electrons. The van der Waals surface area contributed by atoms with Gasteiger partial charge in [-0.3, -0.25) is 4.79 Å². The van der Waals surface area contributed by atoms with Gasteiger partial charge in [-0.05, 0) is 44.5 Å². The molecule has 1 atom stereocenters. The molecule has 1 fully saturated rings. The highest BCUT2D eigenvalue weighted by Crippen LogP contribution is 2.26. The highest BCUT2D eigenvalue weighted by molar-refractivity contribution is 6.30. The number of benzene rings is 1. The minimum Gasteiger partial charge on any atom is -0.363 e. The molecule has 0 saturated carbocycles. The molecular weight excluding hydrogens is 314 g/mol. The Morgan fingerprint density at radius 1 is 1.43 bits per heavy atom. The first-order valence-corrected chi connectivity index (χ1v) is 8.21. The van der Waals surface area contributed by atoms with Crippen molar-refractivity contribution in [3.8, 4) is 11.3 Å². The molecule has 2 heterocycles. The van der Waals surface area contributed by atoms with Gasteiger partial charge >= 0.3 is 0 Å². The molecule has 1 aliphatic heterocycles. The van der Waals surface area contributed by atoms with Crippen LogP contribution in [0.4, 0.5) is 0 Å². The molecule has 1 N–H and O–H groups in total. The summed E-state index contributed by atoms with van der Waals surface area (Å²) in [4.78, 5) is 14.8. The molecule has 23 heavy (non-hydrogen) atoms. The second kappa shape index (κ2) is 7.15. The van der Waals surface area contributed by atoms with Gasteiger partial charge in [-0.25, -0.2) is 0 Å². The molecule has 0 aliphatic carbocycles. The average Bonchev–Trinajstić information content (AvgIpc) is 3.05. The Hall–Kier alpha value is -1.85. The van der Waals surface area contributed by atoms with Gasteiger partial charge in [0, 0.05) is 23.7 Å². The van der Waals surface area contributed by atoms with Crippen molar-refractivity contribution in [2.45, 2.75) is 12.8 Å². The summed E-state index contributed by atoms with van der Waals surface area (Å²) in [7, 11) is 1.94. The summed E-state index contributed by atoms with van der Waals surface area (Å²) in [6, 6.07) is 7.25. The molecule has 1 aromatic carbocycles. The van der Waals surface area contributed by atoms with E-state index < -0.39 is 0 Å². The van der Waals surface area contributed by atoms with Gasteiger partial charge < -0.3 is 14.7 Å². The summed E-state index contributed by atoms with van der Waals surface area (Å²) in [5, 5.41) is 7.85. The predicted octanol–water partition coefficient (Wildman–Crippen LogP) is 3.07. The Labute approximate surface area is 140 Å². The third-order valence-corrected chi connectivity index (χ3v) is 4.47. The van der Waals surface area contributed by atoms with Crippen LogP contribution >= 0.6 is 11.6 Å². The number of hydrogen-bond donors (Lipinski definition) is 1. The van der Waals surface area contributed by atoms with Crippen LogP contribution in [0.2, 0.25) is 5.02 Å². The van der Waals surface area contributed by atoms with Gasteiger partial charge in [-0.1, -0.05) is 28.9 Å². The molecule has 5 nitrogen and oxygen atoms in total. The fraction of sp³-hybridized carbons (Fsp3) is 0.412. The maximum Gasteiger partial charge on any atom is 0.259 e. The molecule has 2 aromatic rings. The van der Waals surface area contributed by atoms with Crippen LogP contribution in [-0.2, 0) is 0 Å². The van der Waals surface area contributed by atoms with Crippen molar-refractivity contribution in [3.63, 3.8) is 0 Å². The van der Waals surface area contributed by atoms with Gasteiger partial charge in [0.25, 0.3) is 5.91 Å². The standard InChI is InChI=1S/C17H20ClN3O2/c1-19-9-12-3-2-8-21(10-12)17(22)15-11-23-20-16(15)13-4-6-14(18)7-5-13/h4-7,11-12,19H,2-3,8-10H2,1H3. The van der Waals surface area contributed by atoms with E-state index in [9.17, 15) is 4.79 Å². The van der Waals surface area contributed by atoms with Crippen molar-refractivity contribution in [2.75, 3.05) is 26.7 Å². The lowest BCUT2D eigenvalue weighted by atomic mass is 9.97. The highest BCUT2D eigenvalue weighted by Gasteiger charge is 2.27. The first-order chi connectivity index (χ1) is 11.2. The van der Waals surface area contributed by atoms with Gasteiger partial charge in [-0.2, -0.15) is 0 Å². The maximum atomic E-state index is 12.9. The number of nitrogens with zero attached hydrogens (tertiary/aromatic N) is 2. The molecular formula is C17H20ClN3O2. The van der Waals surface area contributed by atoms with Crippen molar-refractivity contribution >= 4 is 17.5 Å². The fourth-order valence-corrected chi connectivity index (χ4v) is 3.21. The summed E-state index contributed by atoms with van der Waals surface area (Å²) < 4.78 is 5.07. The minimum absolute atomic E-state index is 0.0167. The van der Waals surface area contributed by atoms with Crippen LogP contribution in [0.15, 0.2) is 35.1 Å². The molecule has 1 amide bonds. The molecule has 3 rings (SSSR count). The van der Waals surface area contributed by atoms with Gasteiger partial charge in [0.05, 0.1) is 0 Å². The van der Waals surface area contributed by atoms with Crippen LogP contribution in [0.5, 0.6) is 0 Å². The fourth-order valence-electron chi connectivity index (χ4n) is 3.08. The molecule has 122 valence electrons. The highest BCUT2D eigenvalue weighted by atomic mass is 35.5. The van der Waals surface area contributed by atoms with Crippen molar-refractivity contribution in [1.82, 2.24) is 15.4 Å². The molecule has 1 unspecified atom stereocenters. The quantitative estimate of drug-likeness (QED) is 0.934. The number of carbonyl (C=O) groups is 1. The van der Waals surface area contributed by atoms with E-state index in [1.165, 1.54) is 6.26 Å². The number of nitrogens with one attached hydrogen (secondary N) is 1. The minimum atomic E-state index is -0.0167. The normalized spacial score (nSPS) is 18.2. The lowest BCUT2D eigenvalue weighted by Gasteiger charge is -2.32. The molecule has 0 spiro atoms. The van der Waals surface area contributed by atoms with Gasteiger partial charge in [0.2, 0.25) is 0 Å². The lowest BCUT2D eigenvalue weighted by molar-refractivity contribution is 0.0674. The van der Waals surface area contributed by atoms with E-state index in [0.717, 1.165) is 38.0 Å². The Morgan fingerprint density at radius 2 is 2.22 bits per heavy atom. The van der Waals surface area contributed by atoms with Crippen LogP contribution in [-0.4, -0.2) is 42.6 Å². The van der Waals surface area contributed by atoms with E-state index in [1.54, 1.807) is 12.1 Å². The first-order valence-electron chi connectivity index (χ1n) is 7.83. The number of piperidine rings is 1. The summed E-state index contributed by atoms with van der Waals surface area (Å²) >= 11 is 5.92. The molecule has 1 saturated heterocycles. The SMILES string of the molecule is CNCC1CCCN(C(=O)c2conc2-c2ccc(Cl)cc2)C1. The monoisotopic (exact) mass is 333 g/mol. The summed E-state index contributed by atoms with van der Waals surface area (Å²) in [6.07, 6.45) is 3.62. The van der Waals surface area contributed by atoms with Crippen LogP contribution in [0.1, 0.15) is 23.2 Å². The van der Waals surface area contributed by atoms with Crippen molar-refractivity contribution < 1.29 is 9.32 Å². The van der Waals surface area contributed by atoms with Gasteiger partial charge in [0.15, 0.2) is 0 Å². The first kappa shape index (κ1) is 16.0. The third kappa shape index (κ3) is 3.57. The predicted molar refractivity (Wildman–Crippen MR) is 89.5 cm³/mol. The Morgan fingerprint density at radius 3 is 2.96 bits per heavy atom. The zero-order chi connectivity index (χ0) is 16.2.